The maximum Gasteiger partial charge on any atom is 0.323 e. The number of rotatable bonds is 4. The summed E-state index contributed by atoms with van der Waals surface area (Å²) in [6.07, 6.45) is 4.78. The molecular weight excluding hydrogens is 218 g/mol. The summed E-state index contributed by atoms with van der Waals surface area (Å²) in [5.74, 6) is 0.806. The SMILES string of the molecule is CCOC(=O)[C@H]1CCCCN1Cc1ccco1. The van der Waals surface area contributed by atoms with E-state index in [1.54, 1.807) is 6.26 Å². The van der Waals surface area contributed by atoms with E-state index in [0.29, 0.717) is 13.2 Å². The third-order valence-corrected chi connectivity index (χ3v) is 3.11. The zero-order chi connectivity index (χ0) is 12.1. The van der Waals surface area contributed by atoms with Crippen LogP contribution in [-0.4, -0.2) is 30.1 Å². The van der Waals surface area contributed by atoms with Gasteiger partial charge in [0.05, 0.1) is 19.4 Å². The van der Waals surface area contributed by atoms with Gasteiger partial charge in [0.2, 0.25) is 0 Å². The molecule has 0 aromatic carbocycles. The van der Waals surface area contributed by atoms with Crippen molar-refractivity contribution in [1.29, 1.82) is 0 Å². The molecule has 0 amide bonds. The first kappa shape index (κ1) is 12.2. The number of furan rings is 1. The van der Waals surface area contributed by atoms with Crippen LogP contribution in [-0.2, 0) is 16.1 Å². The second kappa shape index (κ2) is 5.87. The Hall–Kier alpha value is -1.29. The number of carbonyl (C=O) groups excluding carboxylic acids is 1. The number of likely N-dealkylation sites (tertiary alicyclic amines) is 1. The van der Waals surface area contributed by atoms with E-state index in [1.807, 2.05) is 19.1 Å². The third kappa shape index (κ3) is 3.09. The lowest BCUT2D eigenvalue weighted by Gasteiger charge is -2.33. The minimum Gasteiger partial charge on any atom is -0.468 e. The van der Waals surface area contributed by atoms with Crippen molar-refractivity contribution in [1.82, 2.24) is 4.90 Å². The number of carbonyl (C=O) groups is 1. The summed E-state index contributed by atoms with van der Waals surface area (Å²) in [6, 6.07) is 3.71. The highest BCUT2D eigenvalue weighted by atomic mass is 16.5. The molecule has 0 spiro atoms. The Morgan fingerprint density at radius 1 is 1.59 bits per heavy atom. The molecule has 1 aromatic rings. The molecule has 1 atom stereocenters. The Morgan fingerprint density at radius 2 is 2.47 bits per heavy atom. The lowest BCUT2D eigenvalue weighted by molar-refractivity contribution is -0.151. The molecule has 2 heterocycles. The average molecular weight is 237 g/mol. The number of esters is 1. The normalized spacial score (nSPS) is 21.4. The summed E-state index contributed by atoms with van der Waals surface area (Å²) in [5.41, 5.74) is 0. The molecule has 0 N–H and O–H groups in total. The van der Waals surface area contributed by atoms with Gasteiger partial charge in [-0.3, -0.25) is 9.69 Å². The Labute approximate surface area is 102 Å². The van der Waals surface area contributed by atoms with E-state index < -0.39 is 0 Å². The van der Waals surface area contributed by atoms with Gasteiger partial charge in [0, 0.05) is 0 Å². The molecule has 1 aliphatic rings. The van der Waals surface area contributed by atoms with Crippen LogP contribution in [0.1, 0.15) is 31.9 Å². The highest BCUT2D eigenvalue weighted by Gasteiger charge is 2.30. The second-order valence-corrected chi connectivity index (χ2v) is 4.31. The van der Waals surface area contributed by atoms with Gasteiger partial charge in [-0.05, 0) is 38.4 Å². The van der Waals surface area contributed by atoms with Gasteiger partial charge < -0.3 is 9.15 Å². The molecule has 0 aliphatic carbocycles. The molecule has 4 nitrogen and oxygen atoms in total. The number of hydrogen-bond acceptors (Lipinski definition) is 4. The fraction of sp³-hybridized carbons (Fsp3) is 0.615. The first-order chi connectivity index (χ1) is 8.31. The number of nitrogens with zero attached hydrogens (tertiary/aromatic N) is 1. The van der Waals surface area contributed by atoms with Crippen LogP contribution in [0.3, 0.4) is 0 Å². The van der Waals surface area contributed by atoms with Crippen molar-refractivity contribution in [2.45, 2.75) is 38.8 Å². The molecular formula is C13H19NO3. The topological polar surface area (TPSA) is 42.7 Å². The highest BCUT2D eigenvalue weighted by Crippen LogP contribution is 2.20. The predicted molar refractivity (Wildman–Crippen MR) is 63.4 cm³/mol. The van der Waals surface area contributed by atoms with Crippen LogP contribution in [0.4, 0.5) is 0 Å². The van der Waals surface area contributed by atoms with E-state index in [1.165, 1.54) is 0 Å². The van der Waals surface area contributed by atoms with Crippen molar-refractivity contribution >= 4 is 5.97 Å². The maximum atomic E-state index is 11.8. The largest absolute Gasteiger partial charge is 0.468 e. The number of ether oxygens (including phenoxy) is 1. The van der Waals surface area contributed by atoms with Crippen LogP contribution in [0.2, 0.25) is 0 Å². The summed E-state index contributed by atoms with van der Waals surface area (Å²) in [4.78, 5) is 14.0. The molecule has 1 aliphatic heterocycles. The zero-order valence-corrected chi connectivity index (χ0v) is 10.2. The molecule has 0 unspecified atom stereocenters. The molecule has 4 heteroatoms. The van der Waals surface area contributed by atoms with Crippen molar-refractivity contribution < 1.29 is 13.9 Å². The van der Waals surface area contributed by atoms with Crippen LogP contribution in [0.25, 0.3) is 0 Å². The Bertz CT molecular complexity index is 348. The molecule has 0 radical (unpaired) electrons. The molecule has 17 heavy (non-hydrogen) atoms. The molecule has 1 aromatic heterocycles. The molecule has 0 saturated carbocycles. The average Bonchev–Trinajstić information content (AvgIpc) is 2.83. The summed E-state index contributed by atoms with van der Waals surface area (Å²) in [7, 11) is 0. The fourth-order valence-electron chi connectivity index (χ4n) is 2.29. The first-order valence-electron chi connectivity index (χ1n) is 6.24. The van der Waals surface area contributed by atoms with Gasteiger partial charge in [0.1, 0.15) is 11.8 Å². The number of hydrogen-bond donors (Lipinski definition) is 0. The van der Waals surface area contributed by atoms with Gasteiger partial charge in [0.25, 0.3) is 0 Å². The number of piperidine rings is 1. The van der Waals surface area contributed by atoms with Gasteiger partial charge in [-0.1, -0.05) is 6.42 Å². The molecule has 1 fully saturated rings. The van der Waals surface area contributed by atoms with Gasteiger partial charge in [0.15, 0.2) is 0 Å². The van der Waals surface area contributed by atoms with Gasteiger partial charge in [-0.25, -0.2) is 0 Å². The van der Waals surface area contributed by atoms with Crippen LogP contribution >= 0.6 is 0 Å². The van der Waals surface area contributed by atoms with E-state index in [4.69, 9.17) is 9.15 Å². The van der Waals surface area contributed by atoms with E-state index in [9.17, 15) is 4.79 Å². The van der Waals surface area contributed by atoms with Gasteiger partial charge in [-0.2, -0.15) is 0 Å². The maximum absolute atomic E-state index is 11.8. The van der Waals surface area contributed by atoms with Crippen LogP contribution in [0.15, 0.2) is 22.8 Å². The van der Waals surface area contributed by atoms with Gasteiger partial charge >= 0.3 is 5.97 Å². The molecule has 0 bridgehead atoms. The van der Waals surface area contributed by atoms with E-state index in [2.05, 4.69) is 4.90 Å². The van der Waals surface area contributed by atoms with Crippen LogP contribution < -0.4 is 0 Å². The predicted octanol–water partition coefficient (Wildman–Crippen LogP) is 2.20. The molecule has 94 valence electrons. The summed E-state index contributed by atoms with van der Waals surface area (Å²) < 4.78 is 10.5. The Balaban J connectivity index is 1.99. The van der Waals surface area contributed by atoms with Crippen molar-refractivity contribution in [3.05, 3.63) is 24.2 Å². The van der Waals surface area contributed by atoms with Crippen LogP contribution in [0, 0.1) is 0 Å². The quantitative estimate of drug-likeness (QED) is 0.753. The van der Waals surface area contributed by atoms with Crippen LogP contribution in [0.5, 0.6) is 0 Å². The monoisotopic (exact) mass is 237 g/mol. The Kier molecular flexibility index (Phi) is 4.20. The lowest BCUT2D eigenvalue weighted by atomic mass is 10.0. The minimum atomic E-state index is -0.103. The summed E-state index contributed by atoms with van der Waals surface area (Å²) in [5, 5.41) is 0. The minimum absolute atomic E-state index is 0.0984. The molecule has 1 saturated heterocycles. The van der Waals surface area contributed by atoms with Crippen molar-refractivity contribution in [3.63, 3.8) is 0 Å². The van der Waals surface area contributed by atoms with Crippen molar-refractivity contribution in [2.75, 3.05) is 13.2 Å². The van der Waals surface area contributed by atoms with E-state index >= 15 is 0 Å². The first-order valence-corrected chi connectivity index (χ1v) is 6.24. The summed E-state index contributed by atoms with van der Waals surface area (Å²) >= 11 is 0. The smallest absolute Gasteiger partial charge is 0.323 e. The van der Waals surface area contributed by atoms with Crippen molar-refractivity contribution in [3.8, 4) is 0 Å². The molecule has 2 rings (SSSR count). The third-order valence-electron chi connectivity index (χ3n) is 3.11. The highest BCUT2D eigenvalue weighted by molar-refractivity contribution is 5.75. The van der Waals surface area contributed by atoms with E-state index in [0.717, 1.165) is 31.6 Å². The lowest BCUT2D eigenvalue weighted by Crippen LogP contribution is -2.44. The van der Waals surface area contributed by atoms with Crippen molar-refractivity contribution in [2.24, 2.45) is 0 Å². The fourth-order valence-corrected chi connectivity index (χ4v) is 2.29. The zero-order valence-electron chi connectivity index (χ0n) is 10.2. The summed E-state index contributed by atoms with van der Waals surface area (Å²) in [6.45, 7) is 3.92. The Morgan fingerprint density at radius 3 is 3.18 bits per heavy atom. The van der Waals surface area contributed by atoms with Gasteiger partial charge in [-0.15, -0.1) is 0 Å². The standard InChI is InChI=1S/C13H19NO3/c1-2-16-13(15)12-7-3-4-8-14(12)10-11-6-5-9-17-11/h5-6,9,12H,2-4,7-8,10H2,1H3/t12-/m1/s1. The second-order valence-electron chi connectivity index (χ2n) is 4.31. The van der Waals surface area contributed by atoms with E-state index in [-0.39, 0.29) is 12.0 Å².